The quantitative estimate of drug-likeness (QED) is 0.771. The molecule has 2 heterocycles. The molecule has 22 heavy (non-hydrogen) atoms. The highest BCUT2D eigenvalue weighted by Gasteiger charge is 2.11. The molecular weight excluding hydrogens is 286 g/mol. The van der Waals surface area contributed by atoms with Gasteiger partial charge in [-0.2, -0.15) is 0 Å². The maximum atomic E-state index is 10.7. The average Bonchev–Trinajstić information content (AvgIpc) is 3.11. The molecule has 0 aliphatic heterocycles. The molecule has 0 saturated carbocycles. The third-order valence-electron chi connectivity index (χ3n) is 3.12. The van der Waals surface area contributed by atoms with Gasteiger partial charge in [0.15, 0.2) is 11.5 Å². The van der Waals surface area contributed by atoms with Crippen LogP contribution >= 0.6 is 0 Å². The van der Waals surface area contributed by atoms with Crippen molar-refractivity contribution in [2.45, 2.75) is 26.4 Å². The van der Waals surface area contributed by atoms with Gasteiger partial charge in [-0.25, -0.2) is 9.78 Å². The first kappa shape index (κ1) is 14.2. The van der Waals surface area contributed by atoms with Crippen molar-refractivity contribution in [1.82, 2.24) is 4.98 Å². The number of nitrogens with zero attached hydrogens (tertiary/aromatic N) is 1. The molecule has 3 aromatic rings. The van der Waals surface area contributed by atoms with Gasteiger partial charge in [0.25, 0.3) is 0 Å². The minimum absolute atomic E-state index is 0.106. The Hall–Kier alpha value is -2.76. The summed E-state index contributed by atoms with van der Waals surface area (Å²) in [5, 5.41) is 8.79. The van der Waals surface area contributed by atoms with Gasteiger partial charge in [-0.3, -0.25) is 0 Å². The van der Waals surface area contributed by atoms with E-state index in [9.17, 15) is 4.79 Å². The lowest BCUT2D eigenvalue weighted by molar-refractivity contribution is 0.0658. The zero-order valence-corrected chi connectivity index (χ0v) is 12.2. The van der Waals surface area contributed by atoms with Gasteiger partial charge in [-0.1, -0.05) is 13.8 Å². The predicted molar refractivity (Wildman–Crippen MR) is 78.1 cm³/mol. The van der Waals surface area contributed by atoms with Crippen molar-refractivity contribution in [2.24, 2.45) is 0 Å². The van der Waals surface area contributed by atoms with Crippen LogP contribution in [0.1, 0.15) is 42.0 Å². The van der Waals surface area contributed by atoms with Crippen LogP contribution in [0, 0.1) is 0 Å². The van der Waals surface area contributed by atoms with E-state index in [0.29, 0.717) is 23.0 Å². The Morgan fingerprint density at radius 3 is 2.77 bits per heavy atom. The zero-order chi connectivity index (χ0) is 15.7. The van der Waals surface area contributed by atoms with Crippen molar-refractivity contribution >= 4 is 17.1 Å². The average molecular weight is 301 g/mol. The number of carboxylic acid groups (broad SMARTS) is 1. The molecule has 2 aromatic heterocycles. The van der Waals surface area contributed by atoms with Crippen molar-refractivity contribution in [3.05, 3.63) is 47.7 Å². The SMILES string of the molecule is CC(C)c1nc2ccc(OCc3ccc(C(=O)O)o3)cc2o1. The number of benzene rings is 1. The van der Waals surface area contributed by atoms with E-state index >= 15 is 0 Å². The second-order valence-corrected chi connectivity index (χ2v) is 5.20. The topological polar surface area (TPSA) is 85.7 Å². The van der Waals surface area contributed by atoms with E-state index in [1.54, 1.807) is 18.2 Å². The molecule has 1 aromatic carbocycles. The standard InChI is InChI=1S/C16H15NO5/c1-9(2)15-17-12-5-3-10(7-14(12)22-15)20-8-11-4-6-13(21-11)16(18)19/h3-7,9H,8H2,1-2H3,(H,18,19). The van der Waals surface area contributed by atoms with Gasteiger partial charge in [0.2, 0.25) is 5.76 Å². The number of fused-ring (bicyclic) bond motifs is 1. The summed E-state index contributed by atoms with van der Waals surface area (Å²) in [4.78, 5) is 15.1. The van der Waals surface area contributed by atoms with Crippen molar-refractivity contribution in [2.75, 3.05) is 0 Å². The zero-order valence-electron chi connectivity index (χ0n) is 12.2. The molecule has 0 fully saturated rings. The number of aromatic carboxylic acids is 1. The molecule has 6 nitrogen and oxygen atoms in total. The number of hydrogen-bond donors (Lipinski definition) is 1. The Kier molecular flexibility index (Phi) is 3.58. The first-order valence-electron chi connectivity index (χ1n) is 6.88. The maximum absolute atomic E-state index is 10.7. The van der Waals surface area contributed by atoms with E-state index in [-0.39, 0.29) is 18.3 Å². The Morgan fingerprint density at radius 1 is 1.27 bits per heavy atom. The summed E-state index contributed by atoms with van der Waals surface area (Å²) >= 11 is 0. The van der Waals surface area contributed by atoms with Crippen LogP contribution in [-0.2, 0) is 6.61 Å². The van der Waals surface area contributed by atoms with Crippen LogP contribution in [0.3, 0.4) is 0 Å². The van der Waals surface area contributed by atoms with Crippen molar-refractivity contribution in [3.8, 4) is 5.75 Å². The Morgan fingerprint density at radius 2 is 2.09 bits per heavy atom. The highest BCUT2D eigenvalue weighted by Crippen LogP contribution is 2.25. The van der Waals surface area contributed by atoms with Crippen LogP contribution < -0.4 is 4.74 Å². The highest BCUT2D eigenvalue weighted by atomic mass is 16.5. The summed E-state index contributed by atoms with van der Waals surface area (Å²) in [6.45, 7) is 4.17. The van der Waals surface area contributed by atoms with E-state index < -0.39 is 5.97 Å². The van der Waals surface area contributed by atoms with E-state index in [2.05, 4.69) is 4.98 Å². The Balaban J connectivity index is 1.74. The molecule has 0 atom stereocenters. The summed E-state index contributed by atoms with van der Waals surface area (Å²) in [5.74, 6) is 0.741. The summed E-state index contributed by atoms with van der Waals surface area (Å²) in [6, 6.07) is 8.35. The largest absolute Gasteiger partial charge is 0.486 e. The molecule has 0 aliphatic rings. The molecular formula is C16H15NO5. The van der Waals surface area contributed by atoms with Crippen LogP contribution in [0.15, 0.2) is 39.2 Å². The number of carboxylic acids is 1. The molecule has 0 aliphatic carbocycles. The monoisotopic (exact) mass is 301 g/mol. The van der Waals surface area contributed by atoms with Crippen LogP contribution in [0.5, 0.6) is 5.75 Å². The van der Waals surface area contributed by atoms with E-state index in [4.69, 9.17) is 18.7 Å². The summed E-state index contributed by atoms with van der Waals surface area (Å²) < 4.78 is 16.4. The highest BCUT2D eigenvalue weighted by molar-refractivity contribution is 5.84. The first-order chi connectivity index (χ1) is 10.5. The molecule has 0 radical (unpaired) electrons. The molecule has 6 heteroatoms. The van der Waals surface area contributed by atoms with Crippen molar-refractivity contribution in [1.29, 1.82) is 0 Å². The summed E-state index contributed by atoms with van der Waals surface area (Å²) in [5.41, 5.74) is 1.44. The molecule has 3 rings (SSSR count). The third kappa shape index (κ3) is 2.81. The summed E-state index contributed by atoms with van der Waals surface area (Å²) in [7, 11) is 0. The Bertz CT molecular complexity index is 815. The minimum Gasteiger partial charge on any atom is -0.486 e. The number of rotatable bonds is 5. The minimum atomic E-state index is -1.10. The number of carbonyl (C=O) groups is 1. The van der Waals surface area contributed by atoms with E-state index in [1.165, 1.54) is 6.07 Å². The van der Waals surface area contributed by atoms with Gasteiger partial charge in [0.1, 0.15) is 23.6 Å². The summed E-state index contributed by atoms with van der Waals surface area (Å²) in [6.07, 6.45) is 0. The van der Waals surface area contributed by atoms with Gasteiger partial charge in [-0.15, -0.1) is 0 Å². The lowest BCUT2D eigenvalue weighted by Crippen LogP contribution is -1.95. The normalized spacial score (nSPS) is 11.2. The molecule has 0 spiro atoms. The lowest BCUT2D eigenvalue weighted by atomic mass is 10.2. The molecule has 1 N–H and O–H groups in total. The van der Waals surface area contributed by atoms with Crippen molar-refractivity contribution < 1.29 is 23.5 Å². The Labute approximate surface area is 126 Å². The number of hydrogen-bond acceptors (Lipinski definition) is 5. The number of ether oxygens (including phenoxy) is 1. The van der Waals surface area contributed by atoms with E-state index in [0.717, 1.165) is 5.52 Å². The molecule has 0 unspecified atom stereocenters. The third-order valence-corrected chi connectivity index (χ3v) is 3.12. The number of aromatic nitrogens is 1. The first-order valence-corrected chi connectivity index (χ1v) is 6.88. The fourth-order valence-electron chi connectivity index (χ4n) is 1.98. The smallest absolute Gasteiger partial charge is 0.371 e. The number of furan rings is 1. The second kappa shape index (κ2) is 5.55. The van der Waals surface area contributed by atoms with Gasteiger partial charge in [0, 0.05) is 12.0 Å². The maximum Gasteiger partial charge on any atom is 0.371 e. The van der Waals surface area contributed by atoms with Crippen LogP contribution in [0.4, 0.5) is 0 Å². The second-order valence-electron chi connectivity index (χ2n) is 5.20. The number of oxazole rings is 1. The molecule has 0 amide bonds. The molecule has 114 valence electrons. The van der Waals surface area contributed by atoms with E-state index in [1.807, 2.05) is 19.9 Å². The molecule has 0 saturated heterocycles. The lowest BCUT2D eigenvalue weighted by Gasteiger charge is -2.03. The van der Waals surface area contributed by atoms with Crippen LogP contribution in [0.2, 0.25) is 0 Å². The van der Waals surface area contributed by atoms with Crippen LogP contribution in [-0.4, -0.2) is 16.1 Å². The molecule has 0 bridgehead atoms. The van der Waals surface area contributed by atoms with Gasteiger partial charge >= 0.3 is 5.97 Å². The van der Waals surface area contributed by atoms with Gasteiger partial charge < -0.3 is 18.7 Å². The van der Waals surface area contributed by atoms with Gasteiger partial charge in [-0.05, 0) is 24.3 Å². The fourth-order valence-corrected chi connectivity index (χ4v) is 1.98. The van der Waals surface area contributed by atoms with Crippen LogP contribution in [0.25, 0.3) is 11.1 Å². The predicted octanol–water partition coefficient (Wildman–Crippen LogP) is 3.82. The fraction of sp³-hybridized carbons (Fsp3) is 0.250. The van der Waals surface area contributed by atoms with Crippen molar-refractivity contribution in [3.63, 3.8) is 0 Å². The van der Waals surface area contributed by atoms with Gasteiger partial charge in [0.05, 0.1) is 0 Å².